The van der Waals surface area contributed by atoms with Gasteiger partial charge < -0.3 is 9.47 Å². The first kappa shape index (κ1) is 11.4. The average Bonchev–Trinajstić information content (AvgIpc) is 2.30. The Balaban J connectivity index is 1.96. The minimum absolute atomic E-state index is 0.0484. The van der Waals surface area contributed by atoms with Crippen LogP contribution in [0, 0.1) is 5.92 Å². The first-order valence-corrected chi connectivity index (χ1v) is 5.68. The fraction of sp³-hybridized carbons (Fsp3) is 0.417. The Morgan fingerprint density at radius 1 is 1.38 bits per heavy atom. The monoisotopic (exact) mass is 240 g/mol. The first-order chi connectivity index (χ1) is 7.75. The van der Waals surface area contributed by atoms with Crippen molar-refractivity contribution in [3.63, 3.8) is 0 Å². The van der Waals surface area contributed by atoms with E-state index < -0.39 is 0 Å². The molecule has 1 aliphatic rings. The summed E-state index contributed by atoms with van der Waals surface area (Å²) in [6, 6.07) is 6.87. The molecular formula is C12H13ClO3. The van der Waals surface area contributed by atoms with Crippen molar-refractivity contribution < 1.29 is 14.3 Å². The third-order valence-electron chi connectivity index (χ3n) is 2.57. The van der Waals surface area contributed by atoms with Gasteiger partial charge in [-0.25, -0.2) is 0 Å². The van der Waals surface area contributed by atoms with Gasteiger partial charge in [-0.2, -0.15) is 0 Å². The molecule has 0 saturated carbocycles. The van der Waals surface area contributed by atoms with Crippen LogP contribution in [0.25, 0.3) is 0 Å². The molecule has 0 bridgehead atoms. The molecule has 1 aromatic rings. The van der Waals surface area contributed by atoms with Crippen LogP contribution in [0.3, 0.4) is 0 Å². The Hall–Kier alpha value is -1.06. The number of carbonyl (C=O) groups excluding carboxylic acids is 1. The second-order valence-electron chi connectivity index (χ2n) is 3.77. The molecule has 0 N–H and O–H groups in total. The molecule has 3 nitrogen and oxygen atoms in total. The summed E-state index contributed by atoms with van der Waals surface area (Å²) in [6.07, 6.45) is 1.47. The van der Waals surface area contributed by atoms with E-state index in [0.717, 1.165) is 12.8 Å². The zero-order valence-electron chi connectivity index (χ0n) is 8.82. The summed E-state index contributed by atoms with van der Waals surface area (Å²) in [5.41, 5.74) is 0. The van der Waals surface area contributed by atoms with Crippen molar-refractivity contribution in [2.75, 3.05) is 13.2 Å². The predicted octanol–water partition coefficient (Wildman–Crippen LogP) is 2.67. The minimum Gasteiger partial charge on any atom is -0.426 e. The highest BCUT2D eigenvalue weighted by Gasteiger charge is 2.23. The quantitative estimate of drug-likeness (QED) is 0.589. The molecule has 1 aromatic carbocycles. The zero-order chi connectivity index (χ0) is 11.4. The number of benzene rings is 1. The SMILES string of the molecule is O=C(Oc1cccc(Cl)c1)C1CCOCC1. The van der Waals surface area contributed by atoms with E-state index in [2.05, 4.69) is 0 Å². The zero-order valence-corrected chi connectivity index (χ0v) is 9.57. The van der Waals surface area contributed by atoms with Crippen LogP contribution in [0.4, 0.5) is 0 Å². The van der Waals surface area contributed by atoms with Crippen LogP contribution in [0.15, 0.2) is 24.3 Å². The van der Waals surface area contributed by atoms with Crippen molar-refractivity contribution in [3.05, 3.63) is 29.3 Å². The second kappa shape index (κ2) is 5.32. The van der Waals surface area contributed by atoms with E-state index in [4.69, 9.17) is 21.1 Å². The van der Waals surface area contributed by atoms with Crippen LogP contribution in [-0.4, -0.2) is 19.2 Å². The second-order valence-corrected chi connectivity index (χ2v) is 4.20. The Kier molecular flexibility index (Phi) is 3.80. The molecule has 0 aromatic heterocycles. The lowest BCUT2D eigenvalue weighted by Gasteiger charge is -2.20. The highest BCUT2D eigenvalue weighted by atomic mass is 35.5. The van der Waals surface area contributed by atoms with E-state index in [1.54, 1.807) is 24.3 Å². The molecular weight excluding hydrogens is 228 g/mol. The fourth-order valence-electron chi connectivity index (χ4n) is 1.66. The van der Waals surface area contributed by atoms with Gasteiger partial charge in [-0.1, -0.05) is 17.7 Å². The Bertz CT molecular complexity index is 372. The van der Waals surface area contributed by atoms with Gasteiger partial charge in [0.15, 0.2) is 0 Å². The van der Waals surface area contributed by atoms with Gasteiger partial charge in [-0.15, -0.1) is 0 Å². The van der Waals surface area contributed by atoms with Gasteiger partial charge in [0.2, 0.25) is 0 Å². The van der Waals surface area contributed by atoms with Gasteiger partial charge in [0, 0.05) is 18.2 Å². The number of esters is 1. The van der Waals surface area contributed by atoms with Crippen molar-refractivity contribution >= 4 is 17.6 Å². The van der Waals surface area contributed by atoms with Gasteiger partial charge in [0.1, 0.15) is 5.75 Å². The summed E-state index contributed by atoms with van der Waals surface area (Å²) in [6.45, 7) is 1.27. The van der Waals surface area contributed by atoms with Gasteiger partial charge in [0.05, 0.1) is 5.92 Å². The molecule has 86 valence electrons. The van der Waals surface area contributed by atoms with Crippen LogP contribution in [-0.2, 0) is 9.53 Å². The minimum atomic E-state index is -0.189. The van der Waals surface area contributed by atoms with Crippen LogP contribution < -0.4 is 4.74 Å². The molecule has 0 radical (unpaired) electrons. The molecule has 16 heavy (non-hydrogen) atoms. The van der Waals surface area contributed by atoms with E-state index in [0.29, 0.717) is 24.0 Å². The number of rotatable bonds is 2. The molecule has 2 rings (SSSR count). The van der Waals surface area contributed by atoms with Gasteiger partial charge in [0.25, 0.3) is 0 Å². The number of ether oxygens (including phenoxy) is 2. The fourth-order valence-corrected chi connectivity index (χ4v) is 1.84. The van der Waals surface area contributed by atoms with Crippen LogP contribution >= 0.6 is 11.6 Å². The predicted molar refractivity (Wildman–Crippen MR) is 60.6 cm³/mol. The highest BCUT2D eigenvalue weighted by molar-refractivity contribution is 6.30. The maximum absolute atomic E-state index is 11.8. The third kappa shape index (κ3) is 2.97. The van der Waals surface area contributed by atoms with E-state index in [9.17, 15) is 4.79 Å². The average molecular weight is 241 g/mol. The van der Waals surface area contributed by atoms with Crippen molar-refractivity contribution in [1.29, 1.82) is 0 Å². The summed E-state index contributed by atoms with van der Waals surface area (Å²) < 4.78 is 10.4. The van der Waals surface area contributed by atoms with E-state index >= 15 is 0 Å². The lowest BCUT2D eigenvalue weighted by Crippen LogP contribution is -2.27. The molecule has 1 fully saturated rings. The number of halogens is 1. The lowest BCUT2D eigenvalue weighted by atomic mass is 10.0. The molecule has 0 unspecified atom stereocenters. The van der Waals surface area contributed by atoms with Crippen LogP contribution in [0.2, 0.25) is 5.02 Å². The molecule has 1 heterocycles. The molecule has 0 atom stereocenters. The smallest absolute Gasteiger partial charge is 0.314 e. The van der Waals surface area contributed by atoms with E-state index in [-0.39, 0.29) is 11.9 Å². The Morgan fingerprint density at radius 2 is 2.12 bits per heavy atom. The van der Waals surface area contributed by atoms with E-state index in [1.807, 2.05) is 0 Å². The largest absolute Gasteiger partial charge is 0.426 e. The third-order valence-corrected chi connectivity index (χ3v) is 2.80. The number of hydrogen-bond donors (Lipinski definition) is 0. The molecule has 4 heteroatoms. The summed E-state index contributed by atoms with van der Waals surface area (Å²) >= 11 is 5.80. The normalized spacial score (nSPS) is 17.1. The lowest BCUT2D eigenvalue weighted by molar-refractivity contribution is -0.141. The summed E-state index contributed by atoms with van der Waals surface area (Å²) in [5.74, 6) is 0.266. The highest BCUT2D eigenvalue weighted by Crippen LogP contribution is 2.21. The van der Waals surface area contributed by atoms with Crippen molar-refractivity contribution in [3.8, 4) is 5.75 Å². The standard InChI is InChI=1S/C12H13ClO3/c13-10-2-1-3-11(8-10)16-12(14)9-4-6-15-7-5-9/h1-3,8-9H,4-7H2. The molecule has 0 spiro atoms. The molecule has 0 amide bonds. The first-order valence-electron chi connectivity index (χ1n) is 5.31. The van der Waals surface area contributed by atoms with Crippen molar-refractivity contribution in [2.24, 2.45) is 5.92 Å². The topological polar surface area (TPSA) is 35.5 Å². The van der Waals surface area contributed by atoms with Gasteiger partial charge in [-0.3, -0.25) is 4.79 Å². The number of carbonyl (C=O) groups is 1. The maximum Gasteiger partial charge on any atom is 0.314 e. The van der Waals surface area contributed by atoms with Crippen molar-refractivity contribution in [1.82, 2.24) is 0 Å². The molecule has 0 aliphatic carbocycles. The Labute approximate surface area is 99.3 Å². The Morgan fingerprint density at radius 3 is 2.81 bits per heavy atom. The number of hydrogen-bond acceptors (Lipinski definition) is 3. The molecule has 1 saturated heterocycles. The summed E-state index contributed by atoms with van der Waals surface area (Å²) in [5, 5.41) is 0.567. The van der Waals surface area contributed by atoms with Crippen molar-refractivity contribution in [2.45, 2.75) is 12.8 Å². The summed E-state index contributed by atoms with van der Waals surface area (Å²) in [7, 11) is 0. The van der Waals surface area contributed by atoms with Gasteiger partial charge >= 0.3 is 5.97 Å². The van der Waals surface area contributed by atoms with Crippen LogP contribution in [0.1, 0.15) is 12.8 Å². The van der Waals surface area contributed by atoms with Crippen LogP contribution in [0.5, 0.6) is 5.75 Å². The molecule has 1 aliphatic heterocycles. The van der Waals surface area contributed by atoms with Gasteiger partial charge in [-0.05, 0) is 31.0 Å². The van der Waals surface area contributed by atoms with E-state index in [1.165, 1.54) is 0 Å². The maximum atomic E-state index is 11.8. The summed E-state index contributed by atoms with van der Waals surface area (Å²) in [4.78, 5) is 11.8.